The van der Waals surface area contributed by atoms with Crippen LogP contribution in [0, 0.1) is 0 Å². The van der Waals surface area contributed by atoms with E-state index in [-0.39, 0.29) is 5.76 Å². The Morgan fingerprint density at radius 1 is 1.50 bits per heavy atom. The largest absolute Gasteiger partial charge is 0.463 e. The van der Waals surface area contributed by atoms with Gasteiger partial charge >= 0.3 is 5.97 Å². The summed E-state index contributed by atoms with van der Waals surface area (Å²) in [7, 11) is 3.26. The maximum Gasteiger partial charge on any atom is 0.373 e. The van der Waals surface area contributed by atoms with Gasteiger partial charge in [-0.25, -0.2) is 9.78 Å². The van der Waals surface area contributed by atoms with E-state index in [1.807, 2.05) is 17.8 Å². The van der Waals surface area contributed by atoms with Crippen molar-refractivity contribution in [3.8, 4) is 0 Å². The van der Waals surface area contributed by atoms with Gasteiger partial charge in [-0.2, -0.15) is 0 Å². The Morgan fingerprint density at radius 3 is 3.00 bits per heavy atom. The Kier molecular flexibility index (Phi) is 3.78. The van der Waals surface area contributed by atoms with Crippen LogP contribution >= 0.6 is 0 Å². The van der Waals surface area contributed by atoms with Crippen LogP contribution < -0.4 is 5.32 Å². The summed E-state index contributed by atoms with van der Waals surface area (Å²) in [4.78, 5) is 15.4. The predicted octanol–water partition coefficient (Wildman–Crippen LogP) is 1.09. The lowest BCUT2D eigenvalue weighted by atomic mass is 10.4. The van der Waals surface area contributed by atoms with Gasteiger partial charge < -0.3 is 19.0 Å². The van der Waals surface area contributed by atoms with Crippen molar-refractivity contribution >= 4 is 5.97 Å². The maximum atomic E-state index is 11.2. The first kappa shape index (κ1) is 12.4. The number of carbonyl (C=O) groups excluding carboxylic acids is 1. The molecule has 0 radical (unpaired) electrons. The van der Waals surface area contributed by atoms with E-state index in [0.717, 1.165) is 5.82 Å². The van der Waals surface area contributed by atoms with Crippen molar-refractivity contribution in [2.45, 2.75) is 13.1 Å². The van der Waals surface area contributed by atoms with E-state index in [4.69, 9.17) is 4.42 Å². The molecule has 0 aromatic carbocycles. The van der Waals surface area contributed by atoms with E-state index in [1.54, 1.807) is 18.3 Å². The van der Waals surface area contributed by atoms with Gasteiger partial charge in [-0.3, -0.25) is 0 Å². The molecule has 2 rings (SSSR count). The first-order valence-corrected chi connectivity index (χ1v) is 5.54. The first-order chi connectivity index (χ1) is 8.70. The highest BCUT2D eigenvalue weighted by atomic mass is 16.5. The summed E-state index contributed by atoms with van der Waals surface area (Å²) in [6, 6.07) is 3.35. The van der Waals surface area contributed by atoms with Gasteiger partial charge in [0.1, 0.15) is 11.6 Å². The van der Waals surface area contributed by atoms with E-state index in [1.165, 1.54) is 7.11 Å². The Hall–Kier alpha value is -2.08. The Morgan fingerprint density at radius 2 is 2.33 bits per heavy atom. The summed E-state index contributed by atoms with van der Waals surface area (Å²) in [6.45, 7) is 1.17. The molecule has 0 aliphatic carbocycles. The number of hydrogen-bond donors (Lipinski definition) is 1. The van der Waals surface area contributed by atoms with Crippen LogP contribution in [0.5, 0.6) is 0 Å². The molecule has 0 saturated carbocycles. The number of rotatable bonds is 5. The molecule has 0 aliphatic rings. The highest BCUT2D eigenvalue weighted by molar-refractivity contribution is 5.86. The molecule has 0 fully saturated rings. The highest BCUT2D eigenvalue weighted by Crippen LogP contribution is 2.08. The number of ether oxygens (including phenoxy) is 1. The lowest BCUT2D eigenvalue weighted by molar-refractivity contribution is 0.0563. The summed E-state index contributed by atoms with van der Waals surface area (Å²) in [5.41, 5.74) is 0. The van der Waals surface area contributed by atoms with Crippen molar-refractivity contribution in [3.63, 3.8) is 0 Å². The minimum Gasteiger partial charge on any atom is -0.463 e. The molecular formula is C12H15N3O3. The van der Waals surface area contributed by atoms with Crippen molar-refractivity contribution in [2.24, 2.45) is 7.05 Å². The molecule has 2 heterocycles. The van der Waals surface area contributed by atoms with E-state index in [0.29, 0.717) is 18.8 Å². The summed E-state index contributed by atoms with van der Waals surface area (Å²) in [6.07, 6.45) is 3.64. The summed E-state index contributed by atoms with van der Waals surface area (Å²) in [5, 5.41) is 3.19. The van der Waals surface area contributed by atoms with Gasteiger partial charge in [0.05, 0.1) is 20.2 Å². The van der Waals surface area contributed by atoms with Crippen LogP contribution in [0.2, 0.25) is 0 Å². The molecule has 18 heavy (non-hydrogen) atoms. The fourth-order valence-electron chi connectivity index (χ4n) is 1.55. The normalized spacial score (nSPS) is 10.6. The summed E-state index contributed by atoms with van der Waals surface area (Å²) in [5.74, 6) is 1.37. The van der Waals surface area contributed by atoms with Gasteiger partial charge in [-0.05, 0) is 12.1 Å². The third-order valence-electron chi connectivity index (χ3n) is 2.55. The van der Waals surface area contributed by atoms with Crippen molar-refractivity contribution < 1.29 is 13.9 Å². The molecule has 0 bridgehead atoms. The number of aromatic nitrogens is 2. The minimum atomic E-state index is -0.467. The number of esters is 1. The van der Waals surface area contributed by atoms with E-state index in [9.17, 15) is 4.79 Å². The Bertz CT molecular complexity index is 530. The molecule has 0 atom stereocenters. The van der Waals surface area contributed by atoms with Gasteiger partial charge in [0.2, 0.25) is 5.76 Å². The Balaban J connectivity index is 1.85. The van der Waals surface area contributed by atoms with Gasteiger partial charge in [-0.15, -0.1) is 0 Å². The smallest absolute Gasteiger partial charge is 0.373 e. The predicted molar refractivity (Wildman–Crippen MR) is 63.8 cm³/mol. The average Bonchev–Trinajstić information content (AvgIpc) is 2.99. The second-order valence-electron chi connectivity index (χ2n) is 3.82. The Labute approximate surface area is 105 Å². The lowest BCUT2D eigenvalue weighted by Crippen LogP contribution is -2.15. The van der Waals surface area contributed by atoms with Crippen LogP contribution in [-0.4, -0.2) is 22.6 Å². The third-order valence-corrected chi connectivity index (χ3v) is 2.55. The number of nitrogens with one attached hydrogen (secondary N) is 1. The van der Waals surface area contributed by atoms with Crippen LogP contribution in [0.3, 0.4) is 0 Å². The molecule has 6 nitrogen and oxygen atoms in total. The fraction of sp³-hybridized carbons (Fsp3) is 0.333. The maximum absolute atomic E-state index is 11.2. The topological polar surface area (TPSA) is 69.3 Å². The van der Waals surface area contributed by atoms with E-state index in [2.05, 4.69) is 15.0 Å². The molecular weight excluding hydrogens is 234 g/mol. The fourth-order valence-corrected chi connectivity index (χ4v) is 1.55. The quantitative estimate of drug-likeness (QED) is 0.803. The van der Waals surface area contributed by atoms with Gasteiger partial charge in [0.15, 0.2) is 0 Å². The molecule has 6 heteroatoms. The zero-order valence-corrected chi connectivity index (χ0v) is 10.3. The third kappa shape index (κ3) is 2.78. The molecule has 0 saturated heterocycles. The lowest BCUT2D eigenvalue weighted by Gasteiger charge is -2.02. The molecule has 1 N–H and O–H groups in total. The zero-order valence-electron chi connectivity index (χ0n) is 10.3. The van der Waals surface area contributed by atoms with Gasteiger partial charge in [0, 0.05) is 19.4 Å². The van der Waals surface area contributed by atoms with Crippen molar-refractivity contribution in [3.05, 3.63) is 41.9 Å². The first-order valence-electron chi connectivity index (χ1n) is 5.54. The number of nitrogens with zero attached hydrogens (tertiary/aromatic N) is 2. The van der Waals surface area contributed by atoms with Crippen molar-refractivity contribution in [1.29, 1.82) is 0 Å². The SMILES string of the molecule is COC(=O)c1ccc(CNCc2nccn2C)o1. The van der Waals surface area contributed by atoms with E-state index < -0.39 is 5.97 Å². The summed E-state index contributed by atoms with van der Waals surface area (Å²) < 4.78 is 11.8. The summed E-state index contributed by atoms with van der Waals surface area (Å²) >= 11 is 0. The number of aryl methyl sites for hydroxylation is 1. The second kappa shape index (κ2) is 5.50. The zero-order chi connectivity index (χ0) is 13.0. The molecule has 2 aromatic rings. The molecule has 0 unspecified atom stereocenters. The van der Waals surface area contributed by atoms with Crippen molar-refractivity contribution in [1.82, 2.24) is 14.9 Å². The standard InChI is InChI=1S/C12H15N3O3/c1-15-6-5-14-11(15)8-13-7-9-3-4-10(18-9)12(16)17-2/h3-6,13H,7-8H2,1-2H3. The number of methoxy groups -OCH3 is 1. The van der Waals surface area contributed by atoms with Gasteiger partial charge in [-0.1, -0.05) is 0 Å². The number of imidazole rings is 1. The van der Waals surface area contributed by atoms with Crippen LogP contribution in [-0.2, 0) is 24.9 Å². The molecule has 0 spiro atoms. The number of furan rings is 1. The van der Waals surface area contributed by atoms with Crippen LogP contribution in [0.1, 0.15) is 22.1 Å². The van der Waals surface area contributed by atoms with Crippen LogP contribution in [0.15, 0.2) is 28.9 Å². The molecule has 96 valence electrons. The van der Waals surface area contributed by atoms with Crippen LogP contribution in [0.25, 0.3) is 0 Å². The van der Waals surface area contributed by atoms with Crippen LogP contribution in [0.4, 0.5) is 0 Å². The number of carbonyl (C=O) groups is 1. The number of hydrogen-bond acceptors (Lipinski definition) is 5. The van der Waals surface area contributed by atoms with Gasteiger partial charge in [0.25, 0.3) is 0 Å². The molecule has 2 aromatic heterocycles. The highest BCUT2D eigenvalue weighted by Gasteiger charge is 2.10. The molecule has 0 amide bonds. The monoisotopic (exact) mass is 249 g/mol. The average molecular weight is 249 g/mol. The van der Waals surface area contributed by atoms with E-state index >= 15 is 0 Å². The second-order valence-corrected chi connectivity index (χ2v) is 3.82. The molecule has 0 aliphatic heterocycles. The van der Waals surface area contributed by atoms with Crippen molar-refractivity contribution in [2.75, 3.05) is 7.11 Å². The minimum absolute atomic E-state index is 0.214.